The van der Waals surface area contributed by atoms with Crippen molar-refractivity contribution in [2.45, 2.75) is 0 Å². The van der Waals surface area contributed by atoms with E-state index in [2.05, 4.69) is 158 Å². The lowest BCUT2D eigenvalue weighted by Gasteiger charge is -2.15. The highest BCUT2D eigenvalue weighted by atomic mass is 32.1. The number of thiophene rings is 1. The van der Waals surface area contributed by atoms with Crippen molar-refractivity contribution in [2.24, 2.45) is 0 Å². The van der Waals surface area contributed by atoms with E-state index >= 15 is 0 Å². The Kier molecular flexibility index (Phi) is 7.68. The first kappa shape index (κ1) is 32.3. The summed E-state index contributed by atoms with van der Waals surface area (Å²) in [7, 11) is 0. The van der Waals surface area contributed by atoms with Crippen molar-refractivity contribution in [3.8, 4) is 67.3 Å². The topological polar surface area (TPSA) is 38.9 Å². The number of fused-ring (bicyclic) bond motifs is 6. The molecule has 262 valence electrons. The summed E-state index contributed by atoms with van der Waals surface area (Å²) < 4.78 is 8.84. The molecule has 8 aromatic carbocycles. The van der Waals surface area contributed by atoms with Gasteiger partial charge in [-0.15, -0.1) is 11.3 Å². The molecule has 0 unspecified atom stereocenters. The van der Waals surface area contributed by atoms with Gasteiger partial charge in [0.05, 0.1) is 11.4 Å². The molecule has 56 heavy (non-hydrogen) atoms. The van der Waals surface area contributed by atoms with Crippen molar-refractivity contribution in [2.75, 3.05) is 0 Å². The molecular formula is C52H32N2OS. The summed E-state index contributed by atoms with van der Waals surface area (Å²) in [6, 6.07) is 68.7. The maximum absolute atomic E-state index is 6.24. The van der Waals surface area contributed by atoms with E-state index in [1.165, 1.54) is 31.3 Å². The van der Waals surface area contributed by atoms with Crippen molar-refractivity contribution < 1.29 is 4.42 Å². The standard InChI is InChI=1S/C52H32N2OS/c1-3-13-33(14-4-1)46-32-47(54-52(53-46)34-15-5-2-6-16-34)39-28-37(35-23-25-49-44(30-35)42-19-9-11-21-48(42)55-49)27-38(29-39)41-18-8-7-17-40(41)36-24-26-51-45(31-36)43-20-10-12-22-50(43)56-51/h1-32H. The smallest absolute Gasteiger partial charge is 0.160 e. The van der Waals surface area contributed by atoms with Crippen LogP contribution in [0, 0.1) is 0 Å². The van der Waals surface area contributed by atoms with Crippen molar-refractivity contribution in [3.05, 3.63) is 194 Å². The average Bonchev–Trinajstić information content (AvgIpc) is 3.84. The number of nitrogens with zero attached hydrogens (tertiary/aromatic N) is 2. The van der Waals surface area contributed by atoms with Crippen LogP contribution in [0.1, 0.15) is 0 Å². The van der Waals surface area contributed by atoms with Crippen LogP contribution < -0.4 is 0 Å². The Morgan fingerprint density at radius 1 is 0.321 bits per heavy atom. The number of hydrogen-bond donors (Lipinski definition) is 0. The molecule has 0 atom stereocenters. The van der Waals surface area contributed by atoms with Crippen molar-refractivity contribution in [1.29, 1.82) is 0 Å². The molecule has 11 aromatic rings. The molecule has 0 radical (unpaired) electrons. The first-order valence-electron chi connectivity index (χ1n) is 18.8. The third-order valence-corrected chi connectivity index (χ3v) is 11.8. The molecule has 0 spiro atoms. The van der Waals surface area contributed by atoms with E-state index in [1.807, 2.05) is 47.7 Å². The minimum atomic E-state index is 0.692. The Morgan fingerprint density at radius 3 is 1.71 bits per heavy atom. The first-order chi connectivity index (χ1) is 27.7. The van der Waals surface area contributed by atoms with Gasteiger partial charge in [0.1, 0.15) is 11.2 Å². The van der Waals surface area contributed by atoms with Crippen molar-refractivity contribution in [3.63, 3.8) is 0 Å². The molecular weight excluding hydrogens is 701 g/mol. The highest BCUT2D eigenvalue weighted by Gasteiger charge is 2.17. The SMILES string of the molecule is c1ccc(-c2cc(-c3cc(-c4ccc5oc6ccccc6c5c4)cc(-c4ccccc4-c4ccc5sc6ccccc6c5c4)c3)nc(-c3ccccc3)n2)cc1. The Labute approximate surface area is 327 Å². The summed E-state index contributed by atoms with van der Waals surface area (Å²) in [6.07, 6.45) is 0. The van der Waals surface area contributed by atoms with E-state index in [0.29, 0.717) is 5.82 Å². The van der Waals surface area contributed by atoms with Crippen molar-refractivity contribution in [1.82, 2.24) is 9.97 Å². The lowest BCUT2D eigenvalue weighted by atomic mass is 9.90. The van der Waals surface area contributed by atoms with Gasteiger partial charge in [-0.3, -0.25) is 0 Å². The maximum atomic E-state index is 6.24. The molecule has 0 aliphatic rings. The summed E-state index contributed by atoms with van der Waals surface area (Å²) in [6.45, 7) is 0. The van der Waals surface area contributed by atoms with Gasteiger partial charge in [0.25, 0.3) is 0 Å². The Balaban J connectivity index is 1.14. The quantitative estimate of drug-likeness (QED) is 0.171. The van der Waals surface area contributed by atoms with Gasteiger partial charge in [0.2, 0.25) is 0 Å². The lowest BCUT2D eigenvalue weighted by molar-refractivity contribution is 0.669. The molecule has 0 fully saturated rings. The number of hydrogen-bond acceptors (Lipinski definition) is 4. The monoisotopic (exact) mass is 732 g/mol. The van der Waals surface area contributed by atoms with E-state index < -0.39 is 0 Å². The van der Waals surface area contributed by atoms with Crippen molar-refractivity contribution >= 4 is 53.4 Å². The molecule has 3 nitrogen and oxygen atoms in total. The first-order valence-corrected chi connectivity index (χ1v) is 19.6. The van der Waals surface area contributed by atoms with Gasteiger partial charge in [0, 0.05) is 47.6 Å². The predicted molar refractivity (Wildman–Crippen MR) is 235 cm³/mol. The van der Waals surface area contributed by atoms with Crippen LogP contribution in [-0.2, 0) is 0 Å². The van der Waals surface area contributed by atoms with E-state index in [-0.39, 0.29) is 0 Å². The number of benzene rings is 8. The largest absolute Gasteiger partial charge is 0.456 e. The highest BCUT2D eigenvalue weighted by molar-refractivity contribution is 7.25. The molecule has 11 rings (SSSR count). The number of furan rings is 1. The normalized spacial score (nSPS) is 11.6. The zero-order valence-electron chi connectivity index (χ0n) is 30.2. The van der Waals surface area contributed by atoms with Crippen LogP contribution in [-0.4, -0.2) is 9.97 Å². The lowest BCUT2D eigenvalue weighted by Crippen LogP contribution is -1.96. The second-order valence-corrected chi connectivity index (χ2v) is 15.2. The summed E-state index contributed by atoms with van der Waals surface area (Å²) in [5, 5.41) is 4.79. The van der Waals surface area contributed by atoms with Gasteiger partial charge in [-0.2, -0.15) is 0 Å². The summed E-state index contributed by atoms with van der Waals surface area (Å²) in [5.41, 5.74) is 13.4. The molecule has 0 N–H and O–H groups in total. The van der Waals surface area contributed by atoms with Gasteiger partial charge in [-0.05, 0) is 94.0 Å². The van der Waals surface area contributed by atoms with Gasteiger partial charge in [-0.25, -0.2) is 9.97 Å². The Morgan fingerprint density at radius 2 is 0.893 bits per heavy atom. The second kappa shape index (κ2) is 13.3. The minimum Gasteiger partial charge on any atom is -0.456 e. The Bertz CT molecular complexity index is 3190. The number of rotatable bonds is 6. The Hall–Kier alpha value is -7.14. The van der Waals surface area contributed by atoms with Crippen LogP contribution in [0.15, 0.2) is 199 Å². The van der Waals surface area contributed by atoms with Crippen LogP contribution in [0.25, 0.3) is 109 Å². The number of aromatic nitrogens is 2. The predicted octanol–water partition coefficient (Wildman–Crippen LogP) is 14.7. The van der Waals surface area contributed by atoms with Gasteiger partial charge < -0.3 is 4.42 Å². The molecule has 0 amide bonds. The molecule has 0 bridgehead atoms. The minimum absolute atomic E-state index is 0.692. The van der Waals surface area contributed by atoms with Crippen LogP contribution >= 0.6 is 11.3 Å². The van der Waals surface area contributed by atoms with E-state index in [0.717, 1.165) is 72.3 Å². The summed E-state index contributed by atoms with van der Waals surface area (Å²) >= 11 is 1.85. The zero-order valence-corrected chi connectivity index (χ0v) is 31.0. The highest BCUT2D eigenvalue weighted by Crippen LogP contribution is 2.42. The van der Waals surface area contributed by atoms with E-state index in [1.54, 1.807) is 0 Å². The fourth-order valence-corrected chi connectivity index (χ4v) is 9.04. The summed E-state index contributed by atoms with van der Waals surface area (Å²) in [5.74, 6) is 0.692. The molecule has 3 aromatic heterocycles. The average molecular weight is 733 g/mol. The van der Waals surface area contributed by atoms with Crippen LogP contribution in [0.4, 0.5) is 0 Å². The zero-order chi connectivity index (χ0) is 37.0. The molecule has 0 saturated heterocycles. The molecule has 0 aliphatic heterocycles. The molecule has 4 heteroatoms. The van der Waals surface area contributed by atoms with Crippen LogP contribution in [0.3, 0.4) is 0 Å². The summed E-state index contributed by atoms with van der Waals surface area (Å²) in [4.78, 5) is 10.4. The maximum Gasteiger partial charge on any atom is 0.160 e. The van der Waals surface area contributed by atoms with Gasteiger partial charge in [0.15, 0.2) is 5.82 Å². The van der Waals surface area contributed by atoms with E-state index in [4.69, 9.17) is 14.4 Å². The molecule has 0 aliphatic carbocycles. The third-order valence-electron chi connectivity index (χ3n) is 10.7. The fourth-order valence-electron chi connectivity index (χ4n) is 7.95. The second-order valence-electron chi connectivity index (χ2n) is 14.2. The molecule has 0 saturated carbocycles. The van der Waals surface area contributed by atoms with Gasteiger partial charge >= 0.3 is 0 Å². The van der Waals surface area contributed by atoms with Crippen LogP contribution in [0.5, 0.6) is 0 Å². The fraction of sp³-hybridized carbons (Fsp3) is 0. The third kappa shape index (κ3) is 5.67. The van der Waals surface area contributed by atoms with E-state index in [9.17, 15) is 0 Å². The van der Waals surface area contributed by atoms with Gasteiger partial charge in [-0.1, -0.05) is 133 Å². The number of para-hydroxylation sites is 1. The van der Waals surface area contributed by atoms with Crippen LogP contribution in [0.2, 0.25) is 0 Å². The molecule has 3 heterocycles.